The predicted molar refractivity (Wildman–Crippen MR) is 41.3 cm³/mol. The highest BCUT2D eigenvalue weighted by atomic mass is 19.4. The van der Waals surface area contributed by atoms with E-state index in [2.05, 4.69) is 5.32 Å². The molecule has 1 rings (SSSR count). The van der Waals surface area contributed by atoms with Gasteiger partial charge in [0.25, 0.3) is 0 Å². The molecule has 0 aliphatic carbocycles. The van der Waals surface area contributed by atoms with Gasteiger partial charge in [0.15, 0.2) is 0 Å². The van der Waals surface area contributed by atoms with Crippen molar-refractivity contribution in [1.29, 1.82) is 0 Å². The summed E-state index contributed by atoms with van der Waals surface area (Å²) >= 11 is 0. The fraction of sp³-hybridized carbons (Fsp3) is 0.875. The Morgan fingerprint density at radius 2 is 2.08 bits per heavy atom. The van der Waals surface area contributed by atoms with Gasteiger partial charge in [-0.2, -0.15) is 13.2 Å². The number of alkyl halides is 3. The van der Waals surface area contributed by atoms with Gasteiger partial charge in [-0.25, -0.2) is 0 Å². The van der Waals surface area contributed by atoms with Gasteiger partial charge in [-0.05, 0) is 19.4 Å². The van der Waals surface area contributed by atoms with Crippen molar-refractivity contribution in [3.8, 4) is 0 Å². The number of rotatable bonds is 2. The Morgan fingerprint density at radius 1 is 1.38 bits per heavy atom. The number of ketones is 1. The number of halogens is 3. The van der Waals surface area contributed by atoms with E-state index in [1.165, 1.54) is 0 Å². The van der Waals surface area contributed by atoms with Crippen LogP contribution in [0.1, 0.15) is 25.7 Å². The van der Waals surface area contributed by atoms with Crippen molar-refractivity contribution in [2.24, 2.45) is 0 Å². The number of carbonyl (C=O) groups excluding carboxylic acids is 1. The van der Waals surface area contributed by atoms with Crippen molar-refractivity contribution < 1.29 is 18.0 Å². The summed E-state index contributed by atoms with van der Waals surface area (Å²) < 4.78 is 35.5. The second-order valence-electron chi connectivity index (χ2n) is 3.27. The van der Waals surface area contributed by atoms with Crippen LogP contribution in [0.25, 0.3) is 0 Å². The lowest BCUT2D eigenvalue weighted by molar-refractivity contribution is -0.171. The fourth-order valence-electron chi connectivity index (χ4n) is 1.44. The highest BCUT2D eigenvalue weighted by Crippen LogP contribution is 2.21. The third kappa shape index (κ3) is 3.34. The number of hydrogen-bond donors (Lipinski definition) is 1. The Labute approximate surface area is 74.5 Å². The van der Waals surface area contributed by atoms with Crippen LogP contribution in [0.3, 0.4) is 0 Å². The zero-order chi connectivity index (χ0) is 9.90. The molecule has 0 unspecified atom stereocenters. The molecule has 1 aliphatic heterocycles. The van der Waals surface area contributed by atoms with Gasteiger partial charge in [-0.15, -0.1) is 0 Å². The third-order valence-electron chi connectivity index (χ3n) is 2.16. The SMILES string of the molecule is O=C(C[C@H]1CCCCN1)C(F)(F)F. The molecular weight excluding hydrogens is 183 g/mol. The van der Waals surface area contributed by atoms with Gasteiger partial charge in [0.1, 0.15) is 0 Å². The molecule has 1 saturated heterocycles. The van der Waals surface area contributed by atoms with Crippen LogP contribution >= 0.6 is 0 Å². The van der Waals surface area contributed by atoms with Gasteiger partial charge < -0.3 is 5.32 Å². The van der Waals surface area contributed by atoms with E-state index in [4.69, 9.17) is 0 Å². The van der Waals surface area contributed by atoms with E-state index < -0.39 is 18.4 Å². The molecule has 0 amide bonds. The Hall–Kier alpha value is -0.580. The van der Waals surface area contributed by atoms with Crippen molar-refractivity contribution in [3.63, 3.8) is 0 Å². The van der Waals surface area contributed by atoms with Crippen LogP contribution < -0.4 is 5.32 Å². The van der Waals surface area contributed by atoms with Crippen LogP contribution in [0.2, 0.25) is 0 Å². The van der Waals surface area contributed by atoms with Crippen molar-refractivity contribution in [2.75, 3.05) is 6.54 Å². The van der Waals surface area contributed by atoms with Gasteiger partial charge in [-0.1, -0.05) is 6.42 Å². The first-order valence-electron chi connectivity index (χ1n) is 4.33. The molecule has 0 radical (unpaired) electrons. The average molecular weight is 195 g/mol. The van der Waals surface area contributed by atoms with Crippen molar-refractivity contribution in [1.82, 2.24) is 5.32 Å². The third-order valence-corrected chi connectivity index (χ3v) is 2.16. The molecule has 0 saturated carbocycles. The minimum Gasteiger partial charge on any atom is -0.314 e. The maximum Gasteiger partial charge on any atom is 0.450 e. The molecule has 0 aromatic carbocycles. The van der Waals surface area contributed by atoms with Crippen LogP contribution in [-0.2, 0) is 4.79 Å². The summed E-state index contributed by atoms with van der Waals surface area (Å²) in [5.41, 5.74) is 0. The number of Topliss-reactive ketones (excluding diaryl/α,β-unsaturated/α-hetero) is 1. The Balaban J connectivity index is 2.35. The molecule has 0 bridgehead atoms. The standard InChI is InChI=1S/C8H12F3NO/c9-8(10,11)7(13)5-6-3-1-2-4-12-6/h6,12H,1-5H2/t6-/m1/s1. The molecule has 0 aromatic heterocycles. The normalized spacial score (nSPS) is 24.4. The molecule has 1 atom stereocenters. The molecule has 1 aliphatic rings. The molecule has 76 valence electrons. The quantitative estimate of drug-likeness (QED) is 0.725. The lowest BCUT2D eigenvalue weighted by atomic mass is 10.00. The van der Waals surface area contributed by atoms with E-state index in [0.717, 1.165) is 19.4 Å². The maximum atomic E-state index is 11.8. The predicted octanol–water partition coefficient (Wildman–Crippen LogP) is 1.65. The summed E-state index contributed by atoms with van der Waals surface area (Å²) in [4.78, 5) is 10.6. The molecular formula is C8H12F3NO. The summed E-state index contributed by atoms with van der Waals surface area (Å²) in [6, 6.07) is -0.275. The molecule has 2 nitrogen and oxygen atoms in total. The molecule has 1 N–H and O–H groups in total. The van der Waals surface area contributed by atoms with Gasteiger partial charge in [0.2, 0.25) is 5.78 Å². The topological polar surface area (TPSA) is 29.1 Å². The smallest absolute Gasteiger partial charge is 0.314 e. The summed E-state index contributed by atoms with van der Waals surface area (Å²) in [6.45, 7) is 0.718. The molecule has 0 aromatic rings. The molecule has 0 spiro atoms. The van der Waals surface area contributed by atoms with Crippen molar-refractivity contribution >= 4 is 5.78 Å². The minimum atomic E-state index is -4.67. The summed E-state index contributed by atoms with van der Waals surface area (Å²) in [7, 11) is 0. The Kier molecular flexibility index (Phi) is 3.30. The zero-order valence-electron chi connectivity index (χ0n) is 7.16. The van der Waals surface area contributed by atoms with E-state index in [9.17, 15) is 18.0 Å². The lowest BCUT2D eigenvalue weighted by Crippen LogP contribution is -2.38. The Bertz CT molecular complexity index is 184. The van der Waals surface area contributed by atoms with E-state index in [1.54, 1.807) is 0 Å². The number of carbonyl (C=O) groups is 1. The van der Waals surface area contributed by atoms with E-state index in [1.807, 2.05) is 0 Å². The van der Waals surface area contributed by atoms with Crippen LogP contribution in [-0.4, -0.2) is 24.5 Å². The lowest BCUT2D eigenvalue weighted by Gasteiger charge is -2.22. The van der Waals surface area contributed by atoms with Crippen LogP contribution in [0.4, 0.5) is 13.2 Å². The number of hydrogen-bond acceptors (Lipinski definition) is 2. The van der Waals surface area contributed by atoms with Gasteiger partial charge in [-0.3, -0.25) is 4.79 Å². The molecule has 5 heteroatoms. The molecule has 1 fully saturated rings. The van der Waals surface area contributed by atoms with Crippen LogP contribution in [0, 0.1) is 0 Å². The van der Waals surface area contributed by atoms with Gasteiger partial charge in [0.05, 0.1) is 0 Å². The van der Waals surface area contributed by atoms with E-state index >= 15 is 0 Å². The second kappa shape index (κ2) is 4.09. The first-order valence-corrected chi connectivity index (χ1v) is 4.33. The average Bonchev–Trinajstić information content (AvgIpc) is 2.04. The highest BCUT2D eigenvalue weighted by molar-refractivity contribution is 5.84. The van der Waals surface area contributed by atoms with Crippen molar-refractivity contribution in [2.45, 2.75) is 37.9 Å². The minimum absolute atomic E-state index is 0.275. The van der Waals surface area contributed by atoms with Crippen LogP contribution in [0.5, 0.6) is 0 Å². The molecule has 1 heterocycles. The second-order valence-corrected chi connectivity index (χ2v) is 3.27. The zero-order valence-corrected chi connectivity index (χ0v) is 7.16. The number of nitrogens with one attached hydrogen (secondary N) is 1. The first-order chi connectivity index (χ1) is 6.00. The monoisotopic (exact) mass is 195 g/mol. The fourth-order valence-corrected chi connectivity index (χ4v) is 1.44. The molecule has 13 heavy (non-hydrogen) atoms. The largest absolute Gasteiger partial charge is 0.450 e. The van der Waals surface area contributed by atoms with E-state index in [-0.39, 0.29) is 6.04 Å². The van der Waals surface area contributed by atoms with Gasteiger partial charge in [0, 0.05) is 12.5 Å². The van der Waals surface area contributed by atoms with Crippen molar-refractivity contribution in [3.05, 3.63) is 0 Å². The van der Waals surface area contributed by atoms with E-state index in [0.29, 0.717) is 6.42 Å². The Morgan fingerprint density at radius 3 is 2.54 bits per heavy atom. The first kappa shape index (κ1) is 10.5. The number of piperidine rings is 1. The highest BCUT2D eigenvalue weighted by Gasteiger charge is 2.39. The maximum absolute atomic E-state index is 11.8. The summed E-state index contributed by atoms with van der Waals surface area (Å²) in [5, 5.41) is 2.90. The van der Waals surface area contributed by atoms with Crippen LogP contribution in [0.15, 0.2) is 0 Å². The summed E-state index contributed by atoms with van der Waals surface area (Å²) in [5.74, 6) is -1.62. The van der Waals surface area contributed by atoms with Gasteiger partial charge >= 0.3 is 6.18 Å². The summed E-state index contributed by atoms with van der Waals surface area (Å²) in [6.07, 6.45) is -2.52.